The number of rotatable bonds is 3. The van der Waals surface area contributed by atoms with E-state index in [1.807, 2.05) is 6.26 Å². The normalized spacial score (nSPS) is 23.2. The molecule has 0 bridgehead atoms. The maximum Gasteiger partial charge on any atom is 0.0976 e. The molecule has 1 aliphatic rings. The average molecular weight is 307 g/mol. The van der Waals surface area contributed by atoms with E-state index in [1.54, 1.807) is 0 Å². The minimum atomic E-state index is 0.0470. The van der Waals surface area contributed by atoms with E-state index in [0.29, 0.717) is 0 Å². The Hall–Kier alpha value is -1.02. The van der Waals surface area contributed by atoms with E-state index in [2.05, 4.69) is 60.6 Å². The van der Waals surface area contributed by atoms with Crippen LogP contribution in [0.25, 0.3) is 0 Å². The zero-order valence-corrected chi connectivity index (χ0v) is 12.6. The van der Waals surface area contributed by atoms with Gasteiger partial charge in [0.05, 0.1) is 12.9 Å². The Morgan fingerprint density at radius 1 is 1.39 bits per heavy atom. The van der Waals surface area contributed by atoms with Gasteiger partial charge in [-0.25, -0.2) is 0 Å². The van der Waals surface area contributed by atoms with E-state index in [1.165, 1.54) is 16.7 Å². The molecule has 1 aromatic rings. The molecule has 1 aromatic carbocycles. The summed E-state index contributed by atoms with van der Waals surface area (Å²) in [6.07, 6.45) is 3.90. The highest BCUT2D eigenvalue weighted by Gasteiger charge is 2.35. The van der Waals surface area contributed by atoms with Gasteiger partial charge in [0.25, 0.3) is 0 Å². The molecule has 0 amide bonds. The molecule has 0 N–H and O–H groups in total. The van der Waals surface area contributed by atoms with E-state index < -0.39 is 0 Å². The number of allylic oxidation sites excluding steroid dienone is 2. The van der Waals surface area contributed by atoms with E-state index in [-0.39, 0.29) is 5.41 Å². The van der Waals surface area contributed by atoms with Crippen molar-refractivity contribution < 1.29 is 4.74 Å². The molecule has 2 rings (SSSR count). The number of hydrogen-bond donors (Lipinski definition) is 0. The third-order valence-corrected chi connectivity index (χ3v) is 3.89. The molecule has 0 saturated carbocycles. The molecular formula is C16H19BrO. The summed E-state index contributed by atoms with van der Waals surface area (Å²) in [6, 6.07) is 8.58. The first kappa shape index (κ1) is 13.4. The molecule has 1 heterocycles. The molecule has 1 nitrogen and oxygen atoms in total. The molecule has 96 valence electrons. The second kappa shape index (κ2) is 5.31. The fourth-order valence-electron chi connectivity index (χ4n) is 2.75. The van der Waals surface area contributed by atoms with Gasteiger partial charge in [0, 0.05) is 9.89 Å². The van der Waals surface area contributed by atoms with E-state index >= 15 is 0 Å². The van der Waals surface area contributed by atoms with Crippen LogP contribution in [0, 0.1) is 0 Å². The Kier molecular flexibility index (Phi) is 3.96. The van der Waals surface area contributed by atoms with Gasteiger partial charge >= 0.3 is 0 Å². The Labute approximate surface area is 118 Å². The van der Waals surface area contributed by atoms with Crippen molar-refractivity contribution in [2.75, 3.05) is 6.61 Å². The molecule has 0 aliphatic carbocycles. The largest absolute Gasteiger partial charge is 0.500 e. The van der Waals surface area contributed by atoms with Crippen LogP contribution in [-0.2, 0) is 10.2 Å². The predicted octanol–water partition coefficient (Wildman–Crippen LogP) is 4.98. The van der Waals surface area contributed by atoms with Crippen LogP contribution >= 0.6 is 15.9 Å². The van der Waals surface area contributed by atoms with Crippen molar-refractivity contribution in [1.29, 1.82) is 0 Å². The number of hydrogen-bond acceptors (Lipinski definition) is 1. The van der Waals surface area contributed by atoms with Crippen molar-refractivity contribution in [2.24, 2.45) is 0 Å². The van der Waals surface area contributed by atoms with Crippen LogP contribution in [0.4, 0.5) is 0 Å². The molecule has 0 aromatic heterocycles. The van der Waals surface area contributed by atoms with Crippen LogP contribution in [0.15, 0.2) is 52.7 Å². The zero-order chi connectivity index (χ0) is 13.2. The first-order valence-corrected chi connectivity index (χ1v) is 6.99. The van der Waals surface area contributed by atoms with Crippen molar-refractivity contribution in [3.8, 4) is 0 Å². The summed E-state index contributed by atoms with van der Waals surface area (Å²) in [6.45, 7) is 9.03. The first-order chi connectivity index (χ1) is 8.52. The molecule has 18 heavy (non-hydrogen) atoms. The summed E-state index contributed by atoms with van der Waals surface area (Å²) in [4.78, 5) is 0. The molecule has 0 fully saturated rings. The summed E-state index contributed by atoms with van der Waals surface area (Å²) in [5, 5.41) is 0. The van der Waals surface area contributed by atoms with Gasteiger partial charge in [-0.15, -0.1) is 6.58 Å². The van der Waals surface area contributed by atoms with Gasteiger partial charge in [-0.2, -0.15) is 0 Å². The fraction of sp³-hybridized carbons (Fsp3) is 0.375. The van der Waals surface area contributed by atoms with Crippen LogP contribution in [-0.4, -0.2) is 6.61 Å². The molecule has 1 aliphatic heterocycles. The second-order valence-electron chi connectivity index (χ2n) is 5.37. The van der Waals surface area contributed by atoms with Crippen molar-refractivity contribution in [2.45, 2.75) is 32.1 Å². The minimum absolute atomic E-state index is 0.0470. The van der Waals surface area contributed by atoms with Crippen molar-refractivity contribution in [1.82, 2.24) is 0 Å². The lowest BCUT2D eigenvalue weighted by molar-refractivity contribution is 0.141. The summed E-state index contributed by atoms with van der Waals surface area (Å²) < 4.78 is 6.78. The third-order valence-electron chi connectivity index (χ3n) is 3.36. The van der Waals surface area contributed by atoms with Crippen molar-refractivity contribution in [3.05, 3.63) is 58.3 Å². The van der Waals surface area contributed by atoms with Crippen LogP contribution in [0.1, 0.15) is 32.3 Å². The first-order valence-electron chi connectivity index (χ1n) is 6.19. The van der Waals surface area contributed by atoms with Gasteiger partial charge in [0.15, 0.2) is 0 Å². The SMILES string of the molecule is C=C(C)CC1(c2ccc(Br)cc2)COC=C(C)C1. The fourth-order valence-corrected chi connectivity index (χ4v) is 3.02. The predicted molar refractivity (Wildman–Crippen MR) is 79.6 cm³/mol. The van der Waals surface area contributed by atoms with Gasteiger partial charge < -0.3 is 4.74 Å². The average Bonchev–Trinajstić information content (AvgIpc) is 2.28. The highest BCUT2D eigenvalue weighted by molar-refractivity contribution is 9.10. The standard InChI is InChI=1S/C16H19BrO/c1-12(2)8-16(9-13(3)10-18-11-16)14-4-6-15(17)7-5-14/h4-7,10H,1,8-9,11H2,2-3H3. The zero-order valence-electron chi connectivity index (χ0n) is 11.0. The lowest BCUT2D eigenvalue weighted by atomic mass is 9.71. The smallest absolute Gasteiger partial charge is 0.0976 e. The number of benzene rings is 1. The molecule has 2 heteroatoms. The second-order valence-corrected chi connectivity index (χ2v) is 6.29. The molecule has 0 saturated heterocycles. The summed E-state index contributed by atoms with van der Waals surface area (Å²) >= 11 is 3.49. The third kappa shape index (κ3) is 2.86. The Bertz CT molecular complexity index is 472. The summed E-state index contributed by atoms with van der Waals surface area (Å²) in [7, 11) is 0. The molecule has 1 unspecified atom stereocenters. The highest BCUT2D eigenvalue weighted by atomic mass is 79.9. The minimum Gasteiger partial charge on any atom is -0.500 e. The van der Waals surface area contributed by atoms with Crippen LogP contribution in [0.2, 0.25) is 0 Å². The van der Waals surface area contributed by atoms with Gasteiger partial charge in [0.1, 0.15) is 0 Å². The molecule has 0 radical (unpaired) electrons. The van der Waals surface area contributed by atoms with Crippen LogP contribution < -0.4 is 0 Å². The summed E-state index contributed by atoms with van der Waals surface area (Å²) in [5.41, 5.74) is 3.88. The lowest BCUT2D eigenvalue weighted by Crippen LogP contribution is -2.34. The highest BCUT2D eigenvalue weighted by Crippen LogP contribution is 2.40. The number of ether oxygens (including phenoxy) is 1. The Morgan fingerprint density at radius 2 is 2.06 bits per heavy atom. The maximum atomic E-state index is 5.67. The topological polar surface area (TPSA) is 9.23 Å². The molecular weight excluding hydrogens is 288 g/mol. The van der Waals surface area contributed by atoms with Crippen LogP contribution in [0.3, 0.4) is 0 Å². The quantitative estimate of drug-likeness (QED) is 0.716. The maximum absolute atomic E-state index is 5.67. The Morgan fingerprint density at radius 3 is 2.61 bits per heavy atom. The van der Waals surface area contributed by atoms with E-state index in [0.717, 1.165) is 23.9 Å². The van der Waals surface area contributed by atoms with Gasteiger partial charge in [-0.1, -0.05) is 33.6 Å². The molecule has 0 spiro atoms. The van der Waals surface area contributed by atoms with E-state index in [9.17, 15) is 0 Å². The summed E-state index contributed by atoms with van der Waals surface area (Å²) in [5.74, 6) is 0. The lowest BCUT2D eigenvalue weighted by Gasteiger charge is -2.37. The Balaban J connectivity index is 2.39. The van der Waals surface area contributed by atoms with E-state index in [4.69, 9.17) is 4.74 Å². The van der Waals surface area contributed by atoms with Crippen LogP contribution in [0.5, 0.6) is 0 Å². The van der Waals surface area contributed by atoms with Gasteiger partial charge in [0.2, 0.25) is 0 Å². The number of halogens is 1. The monoisotopic (exact) mass is 306 g/mol. The van der Waals surface area contributed by atoms with Crippen molar-refractivity contribution in [3.63, 3.8) is 0 Å². The van der Waals surface area contributed by atoms with Crippen molar-refractivity contribution >= 4 is 15.9 Å². The van der Waals surface area contributed by atoms with Gasteiger partial charge in [-0.3, -0.25) is 0 Å². The molecule has 1 atom stereocenters. The van der Waals surface area contributed by atoms with Gasteiger partial charge in [-0.05, 0) is 50.0 Å².